The second-order valence-electron chi connectivity index (χ2n) is 4.07. The van der Waals surface area contributed by atoms with Gasteiger partial charge in [-0.2, -0.15) is 5.10 Å². The first-order valence-corrected chi connectivity index (χ1v) is 5.45. The van der Waals surface area contributed by atoms with Crippen molar-refractivity contribution in [2.24, 2.45) is 13.0 Å². The second kappa shape index (κ2) is 3.85. The Morgan fingerprint density at radius 3 is 2.93 bits per heavy atom. The number of halogens is 1. The molecule has 1 aromatic heterocycles. The minimum atomic E-state index is -0.260. The molecule has 1 unspecified atom stereocenters. The van der Waals surface area contributed by atoms with Crippen molar-refractivity contribution in [2.75, 3.05) is 5.32 Å². The molecule has 0 spiro atoms. The van der Waals surface area contributed by atoms with E-state index in [1.54, 1.807) is 13.2 Å². The van der Waals surface area contributed by atoms with E-state index < -0.39 is 0 Å². The summed E-state index contributed by atoms with van der Waals surface area (Å²) in [4.78, 5) is 11.5. The fourth-order valence-electron chi connectivity index (χ4n) is 1.57. The predicted molar refractivity (Wildman–Crippen MR) is 60.3 cm³/mol. The molecule has 1 aliphatic rings. The third kappa shape index (κ3) is 2.15. The van der Waals surface area contributed by atoms with Gasteiger partial charge < -0.3 is 5.32 Å². The number of nitrogens with one attached hydrogen (secondary N) is 1. The molecule has 1 N–H and O–H groups in total. The number of rotatable bonds is 3. The Morgan fingerprint density at radius 1 is 1.67 bits per heavy atom. The maximum atomic E-state index is 11.5. The highest BCUT2D eigenvalue weighted by molar-refractivity contribution is 6.32. The number of nitrogens with zero attached hydrogens (tertiary/aromatic N) is 2. The molecule has 0 aromatic carbocycles. The summed E-state index contributed by atoms with van der Waals surface area (Å²) in [7, 11) is 1.59. The second-order valence-corrected chi connectivity index (χ2v) is 4.45. The van der Waals surface area contributed by atoms with Crippen LogP contribution in [-0.2, 0) is 7.05 Å². The van der Waals surface area contributed by atoms with Gasteiger partial charge in [0.25, 0.3) is 5.56 Å². The van der Waals surface area contributed by atoms with E-state index in [1.807, 2.05) is 0 Å². The lowest BCUT2D eigenvalue weighted by Crippen LogP contribution is -2.24. The van der Waals surface area contributed by atoms with Crippen molar-refractivity contribution < 1.29 is 0 Å². The lowest BCUT2D eigenvalue weighted by Gasteiger charge is -2.14. The first-order valence-electron chi connectivity index (χ1n) is 5.08. The third-order valence-corrected chi connectivity index (χ3v) is 3.16. The summed E-state index contributed by atoms with van der Waals surface area (Å²) < 4.78 is 1.23. The highest BCUT2D eigenvalue weighted by Gasteiger charge is 2.28. The smallest absolute Gasteiger partial charge is 0.287 e. The molecule has 5 heteroatoms. The summed E-state index contributed by atoms with van der Waals surface area (Å²) in [5.41, 5.74) is 0.379. The molecule has 1 aromatic rings. The Morgan fingerprint density at radius 2 is 2.33 bits per heavy atom. The largest absolute Gasteiger partial charge is 0.380 e. The minimum absolute atomic E-state index is 0.222. The molecular weight excluding hydrogens is 214 g/mol. The molecule has 0 radical (unpaired) electrons. The Bertz CT molecular complexity index is 425. The van der Waals surface area contributed by atoms with Crippen molar-refractivity contribution in [3.05, 3.63) is 21.6 Å². The van der Waals surface area contributed by atoms with Gasteiger partial charge in [-0.25, -0.2) is 4.68 Å². The van der Waals surface area contributed by atoms with Crippen LogP contribution in [0.15, 0.2) is 11.0 Å². The highest BCUT2D eigenvalue weighted by atomic mass is 35.5. The average Bonchev–Trinajstić information content (AvgIpc) is 3.02. The molecule has 1 atom stereocenters. The number of hydrogen-bond acceptors (Lipinski definition) is 3. The zero-order valence-corrected chi connectivity index (χ0v) is 9.58. The average molecular weight is 228 g/mol. The summed E-state index contributed by atoms with van der Waals surface area (Å²) in [6.45, 7) is 2.10. The SMILES string of the molecule is CC(Nc1cnn(C)c(=O)c1Cl)C1CC1. The van der Waals surface area contributed by atoms with Crippen molar-refractivity contribution in [2.45, 2.75) is 25.8 Å². The van der Waals surface area contributed by atoms with Gasteiger partial charge in [0.1, 0.15) is 5.02 Å². The van der Waals surface area contributed by atoms with Crippen LogP contribution < -0.4 is 10.9 Å². The molecule has 0 bridgehead atoms. The lowest BCUT2D eigenvalue weighted by molar-refractivity contribution is 0.681. The number of anilines is 1. The molecule has 1 saturated carbocycles. The first kappa shape index (κ1) is 10.5. The molecule has 0 saturated heterocycles. The summed E-state index contributed by atoms with van der Waals surface area (Å²) >= 11 is 5.93. The van der Waals surface area contributed by atoms with Crippen LogP contribution >= 0.6 is 11.6 Å². The molecule has 1 heterocycles. The van der Waals surface area contributed by atoms with Gasteiger partial charge in [0, 0.05) is 13.1 Å². The maximum absolute atomic E-state index is 11.5. The lowest BCUT2D eigenvalue weighted by atomic mass is 10.2. The van der Waals surface area contributed by atoms with E-state index in [4.69, 9.17) is 11.6 Å². The van der Waals surface area contributed by atoms with E-state index in [0.717, 1.165) is 0 Å². The van der Waals surface area contributed by atoms with Crippen LogP contribution in [0, 0.1) is 5.92 Å². The Balaban J connectivity index is 2.21. The number of aryl methyl sites for hydroxylation is 1. The summed E-state index contributed by atoms with van der Waals surface area (Å²) in [5.74, 6) is 0.713. The molecule has 2 rings (SSSR count). The number of hydrogen-bond donors (Lipinski definition) is 1. The van der Waals surface area contributed by atoms with Crippen LogP contribution in [0.2, 0.25) is 5.02 Å². The van der Waals surface area contributed by atoms with Gasteiger partial charge in [0.15, 0.2) is 0 Å². The van der Waals surface area contributed by atoms with Gasteiger partial charge in [-0.1, -0.05) is 11.6 Å². The van der Waals surface area contributed by atoms with Crippen molar-refractivity contribution >= 4 is 17.3 Å². The zero-order chi connectivity index (χ0) is 11.0. The highest BCUT2D eigenvalue weighted by Crippen LogP contribution is 2.34. The third-order valence-electron chi connectivity index (χ3n) is 2.79. The molecule has 15 heavy (non-hydrogen) atoms. The maximum Gasteiger partial charge on any atom is 0.287 e. The van der Waals surface area contributed by atoms with Gasteiger partial charge in [0.05, 0.1) is 11.9 Å². The van der Waals surface area contributed by atoms with E-state index in [1.165, 1.54) is 17.5 Å². The van der Waals surface area contributed by atoms with Crippen molar-refractivity contribution in [1.29, 1.82) is 0 Å². The minimum Gasteiger partial charge on any atom is -0.380 e. The molecule has 0 aliphatic heterocycles. The number of aromatic nitrogens is 2. The van der Waals surface area contributed by atoms with Gasteiger partial charge in [-0.05, 0) is 25.7 Å². The van der Waals surface area contributed by atoms with Crippen LogP contribution in [0.25, 0.3) is 0 Å². The van der Waals surface area contributed by atoms with Crippen LogP contribution in [0.3, 0.4) is 0 Å². The van der Waals surface area contributed by atoms with Crippen molar-refractivity contribution in [3.8, 4) is 0 Å². The molecule has 1 aliphatic carbocycles. The quantitative estimate of drug-likeness (QED) is 0.854. The molecule has 4 nitrogen and oxygen atoms in total. The molecular formula is C10H14ClN3O. The fraction of sp³-hybridized carbons (Fsp3) is 0.600. The fourth-order valence-corrected chi connectivity index (χ4v) is 1.80. The predicted octanol–water partition coefficient (Wildman–Crippen LogP) is 1.64. The standard InChI is InChI=1S/C10H14ClN3O/c1-6(7-3-4-7)13-8-5-12-14(2)10(15)9(8)11/h5-7,13H,3-4H2,1-2H3. The zero-order valence-electron chi connectivity index (χ0n) is 8.83. The normalized spacial score (nSPS) is 17.5. The Hall–Kier alpha value is -1.03. The topological polar surface area (TPSA) is 46.9 Å². The van der Waals surface area contributed by atoms with E-state index >= 15 is 0 Å². The Kier molecular flexibility index (Phi) is 2.69. The summed E-state index contributed by atoms with van der Waals surface area (Å²) in [6, 6.07) is 0.358. The molecule has 1 fully saturated rings. The van der Waals surface area contributed by atoms with Crippen LogP contribution in [0.4, 0.5) is 5.69 Å². The Labute approximate surface area is 93.2 Å². The van der Waals surface area contributed by atoms with Crippen LogP contribution in [-0.4, -0.2) is 15.8 Å². The molecule has 82 valence electrons. The van der Waals surface area contributed by atoms with Crippen LogP contribution in [0.5, 0.6) is 0 Å². The monoisotopic (exact) mass is 227 g/mol. The van der Waals surface area contributed by atoms with Gasteiger partial charge in [-0.15, -0.1) is 0 Å². The summed E-state index contributed by atoms with van der Waals surface area (Å²) in [6.07, 6.45) is 4.11. The van der Waals surface area contributed by atoms with Gasteiger partial charge in [0.2, 0.25) is 0 Å². The van der Waals surface area contributed by atoms with E-state index in [0.29, 0.717) is 17.6 Å². The van der Waals surface area contributed by atoms with E-state index in [2.05, 4.69) is 17.3 Å². The van der Waals surface area contributed by atoms with E-state index in [9.17, 15) is 4.79 Å². The summed E-state index contributed by atoms with van der Waals surface area (Å²) in [5, 5.41) is 7.38. The van der Waals surface area contributed by atoms with Crippen molar-refractivity contribution in [1.82, 2.24) is 9.78 Å². The van der Waals surface area contributed by atoms with Gasteiger partial charge in [-0.3, -0.25) is 4.79 Å². The van der Waals surface area contributed by atoms with Gasteiger partial charge >= 0.3 is 0 Å². The molecule has 0 amide bonds. The van der Waals surface area contributed by atoms with Crippen molar-refractivity contribution in [3.63, 3.8) is 0 Å². The van der Waals surface area contributed by atoms with Crippen LogP contribution in [0.1, 0.15) is 19.8 Å². The van der Waals surface area contributed by atoms with E-state index in [-0.39, 0.29) is 10.6 Å². The first-order chi connectivity index (χ1) is 7.09.